The molecule has 0 aliphatic heterocycles. The van der Waals surface area contributed by atoms with E-state index < -0.39 is 47.4 Å². The fourth-order valence-corrected chi connectivity index (χ4v) is 16.1. The van der Waals surface area contributed by atoms with E-state index >= 15 is 0 Å². The summed E-state index contributed by atoms with van der Waals surface area (Å²) in [6.07, 6.45) is 76.0. The van der Waals surface area contributed by atoms with Crippen LogP contribution in [-0.2, 0) is 38.1 Å². The van der Waals surface area contributed by atoms with Crippen molar-refractivity contribution in [3.63, 3.8) is 0 Å². The summed E-state index contributed by atoms with van der Waals surface area (Å²) in [5.41, 5.74) is 1.03. The van der Waals surface area contributed by atoms with Crippen LogP contribution in [0.25, 0.3) is 0 Å². The molecule has 0 fully saturated rings. The van der Waals surface area contributed by atoms with E-state index in [4.69, 9.17) is 18.9 Å². The van der Waals surface area contributed by atoms with Crippen molar-refractivity contribution in [2.75, 3.05) is 39.5 Å². The van der Waals surface area contributed by atoms with Gasteiger partial charge in [0.05, 0.1) is 47.9 Å². The van der Waals surface area contributed by atoms with Crippen LogP contribution in [0.4, 0.5) is 11.4 Å². The van der Waals surface area contributed by atoms with Gasteiger partial charge in [0, 0.05) is 26.3 Å². The van der Waals surface area contributed by atoms with Crippen molar-refractivity contribution in [2.45, 2.75) is 478 Å². The Bertz CT molecular complexity index is 2560. The molecule has 2 aromatic carbocycles. The molecule has 0 saturated carbocycles. The summed E-state index contributed by atoms with van der Waals surface area (Å²) in [4.78, 5) is 79.1. The molecule has 6 atom stereocenters. The third-order valence-corrected chi connectivity index (χ3v) is 23.5. The first-order valence-electron chi connectivity index (χ1n) is 49.0. The standard InChI is InChI=1S/C100H176N6O10/c1-9-15-21-27-33-41-51-67-87(69-53-43-37-39-49-63-81-115-99(111)91-75-59-61-77-93(91)103-105-95(85(7)107)97(109)101-79-65-83-113-89(71-55-45-31-25-19-13-5)73-57-47-35-29-23-17-11-3)88(68-52-42-34-28-22-16-10-2)70-54-44-38-40-50-64-82-116-100(112)92-76-60-62-78-94(92)104-106-96(86(8)108)98(110)102-80-66-84-114-90(72-56-46-32-26-20-14-6)74-58-48-36-30-24-18-12-4/h59-62,75-78,87-90,95-96H,9-58,63-74,79-84H2,1-8H3,(H,101,109)(H,102,110). The SMILES string of the molecule is CCCCCCCCCC(CCCCCCCC)OCCCNC(=O)C(N=Nc1ccccc1C(=O)OCCCCCCCCC(CCCCCCCCC)C(CCCCCCCCC)CCCCCCCCOC(=O)c1ccccc1N=NC(C(C)=O)C(=O)NCCCOC(CCCCCCCC)CCCCCCCCC)C(C)=O. The van der Waals surface area contributed by atoms with Crippen LogP contribution in [0.3, 0.4) is 0 Å². The number of unbranched alkanes of at least 4 members (excludes halogenated alkanes) is 44. The number of esters is 2. The average Bonchev–Trinajstić information content (AvgIpc) is 0.857. The van der Waals surface area contributed by atoms with E-state index in [9.17, 15) is 28.8 Å². The zero-order valence-corrected chi connectivity index (χ0v) is 76.0. The van der Waals surface area contributed by atoms with Crippen molar-refractivity contribution >= 4 is 46.7 Å². The summed E-state index contributed by atoms with van der Waals surface area (Å²) >= 11 is 0. The zero-order chi connectivity index (χ0) is 84.0. The molecule has 0 aliphatic rings. The maximum absolute atomic E-state index is 13.5. The molecule has 0 saturated heterocycles. The highest BCUT2D eigenvalue weighted by atomic mass is 16.5. The van der Waals surface area contributed by atoms with Gasteiger partial charge in [-0.1, -0.05) is 413 Å². The van der Waals surface area contributed by atoms with Gasteiger partial charge in [0.2, 0.25) is 12.1 Å². The number of carbonyl (C=O) groups is 6. The Morgan fingerprint density at radius 1 is 0.284 bits per heavy atom. The average molecular weight is 1620 g/mol. The number of rotatable bonds is 85. The molecule has 16 nitrogen and oxygen atoms in total. The number of ketones is 2. The predicted molar refractivity (Wildman–Crippen MR) is 484 cm³/mol. The van der Waals surface area contributed by atoms with Crippen LogP contribution in [0.5, 0.6) is 0 Å². The van der Waals surface area contributed by atoms with Gasteiger partial charge in [-0.15, -0.1) is 0 Å². The van der Waals surface area contributed by atoms with Gasteiger partial charge in [-0.25, -0.2) is 9.59 Å². The zero-order valence-electron chi connectivity index (χ0n) is 76.0. The summed E-state index contributed by atoms with van der Waals surface area (Å²) in [5.74, 6) is -1.33. The highest BCUT2D eigenvalue weighted by Crippen LogP contribution is 2.35. The first-order valence-corrected chi connectivity index (χ1v) is 49.0. The second kappa shape index (κ2) is 78.3. The lowest BCUT2D eigenvalue weighted by atomic mass is 9.78. The fourth-order valence-electron chi connectivity index (χ4n) is 16.1. The second-order valence-electron chi connectivity index (χ2n) is 34.1. The van der Waals surface area contributed by atoms with Gasteiger partial charge in [-0.3, -0.25) is 19.2 Å². The summed E-state index contributed by atoms with van der Waals surface area (Å²) < 4.78 is 24.4. The van der Waals surface area contributed by atoms with E-state index in [2.05, 4.69) is 72.6 Å². The van der Waals surface area contributed by atoms with Crippen molar-refractivity contribution in [3.8, 4) is 0 Å². The van der Waals surface area contributed by atoms with Crippen molar-refractivity contribution in [1.82, 2.24) is 10.6 Å². The van der Waals surface area contributed by atoms with Crippen molar-refractivity contribution in [2.24, 2.45) is 32.3 Å². The molecule has 116 heavy (non-hydrogen) atoms. The lowest BCUT2D eigenvalue weighted by Crippen LogP contribution is -2.38. The molecule has 0 bridgehead atoms. The highest BCUT2D eigenvalue weighted by molar-refractivity contribution is 6.05. The van der Waals surface area contributed by atoms with Gasteiger partial charge in [-0.05, 0) is 101 Å². The maximum Gasteiger partial charge on any atom is 0.340 e. The lowest BCUT2D eigenvalue weighted by Gasteiger charge is -2.28. The van der Waals surface area contributed by atoms with Crippen molar-refractivity contribution < 1.29 is 47.7 Å². The normalized spacial score (nSPS) is 13.3. The Hall–Kier alpha value is -5.22. The quantitative estimate of drug-likeness (QED) is 0.0277. The van der Waals surface area contributed by atoms with Crippen LogP contribution in [-0.4, -0.2) is 99.1 Å². The highest BCUT2D eigenvalue weighted by Gasteiger charge is 2.26. The van der Waals surface area contributed by atoms with Gasteiger partial charge in [0.25, 0.3) is 11.8 Å². The minimum absolute atomic E-state index is 0.235. The summed E-state index contributed by atoms with van der Waals surface area (Å²) in [7, 11) is 0. The number of nitrogens with one attached hydrogen (secondary N) is 2. The number of nitrogens with zero attached hydrogens (tertiary/aromatic N) is 4. The minimum atomic E-state index is -1.32. The number of ether oxygens (including phenoxy) is 4. The van der Waals surface area contributed by atoms with Gasteiger partial charge in [-0.2, -0.15) is 20.5 Å². The molecule has 2 amide bonds. The molecule has 666 valence electrons. The van der Waals surface area contributed by atoms with Crippen LogP contribution in [0, 0.1) is 11.8 Å². The summed E-state index contributed by atoms with van der Waals surface area (Å²) in [5, 5.41) is 22.7. The molecule has 0 aliphatic carbocycles. The molecule has 0 aromatic heterocycles. The predicted octanol–water partition coefficient (Wildman–Crippen LogP) is 29.3. The summed E-state index contributed by atoms with van der Waals surface area (Å²) in [6.45, 7) is 18.7. The molecule has 0 radical (unpaired) electrons. The number of hydrogen-bond acceptors (Lipinski definition) is 14. The largest absolute Gasteiger partial charge is 0.462 e. The third-order valence-electron chi connectivity index (χ3n) is 23.5. The van der Waals surface area contributed by atoms with Crippen LogP contribution in [0.2, 0.25) is 0 Å². The molecule has 6 unspecified atom stereocenters. The fraction of sp³-hybridized carbons (Fsp3) is 0.820. The van der Waals surface area contributed by atoms with Gasteiger partial charge < -0.3 is 29.6 Å². The first-order chi connectivity index (χ1) is 56.8. The molecule has 0 spiro atoms. The number of amides is 2. The third kappa shape index (κ3) is 58.7. The Labute approximate surface area is 710 Å². The van der Waals surface area contributed by atoms with Crippen LogP contribution < -0.4 is 10.6 Å². The van der Waals surface area contributed by atoms with E-state index in [0.717, 1.165) is 76.0 Å². The van der Waals surface area contributed by atoms with E-state index in [1.807, 2.05) is 0 Å². The molecular formula is C100H176N6O10. The van der Waals surface area contributed by atoms with Gasteiger partial charge in [0.1, 0.15) is 0 Å². The van der Waals surface area contributed by atoms with Crippen molar-refractivity contribution in [3.05, 3.63) is 59.7 Å². The molecule has 16 heteroatoms. The molecular weight excluding hydrogens is 1450 g/mol. The number of benzene rings is 2. The van der Waals surface area contributed by atoms with Crippen LogP contribution in [0.15, 0.2) is 69.0 Å². The Morgan fingerprint density at radius 2 is 0.517 bits per heavy atom. The summed E-state index contributed by atoms with van der Waals surface area (Å²) in [6, 6.07) is 11.0. The van der Waals surface area contributed by atoms with Gasteiger partial charge >= 0.3 is 11.9 Å². The minimum Gasteiger partial charge on any atom is -0.462 e. The molecule has 2 aromatic rings. The Balaban J connectivity index is 1.91. The molecule has 2 rings (SSSR count). The van der Waals surface area contributed by atoms with Crippen LogP contribution >= 0.6 is 0 Å². The second-order valence-corrected chi connectivity index (χ2v) is 34.1. The van der Waals surface area contributed by atoms with E-state index in [1.54, 1.807) is 48.5 Å². The number of hydrogen-bond donors (Lipinski definition) is 2. The van der Waals surface area contributed by atoms with Gasteiger partial charge in [0.15, 0.2) is 11.6 Å². The Morgan fingerprint density at radius 3 is 0.776 bits per heavy atom. The lowest BCUT2D eigenvalue weighted by molar-refractivity contribution is -0.130. The van der Waals surface area contributed by atoms with E-state index in [1.165, 1.54) is 335 Å². The monoisotopic (exact) mass is 1620 g/mol. The Kier molecular flexibility index (Phi) is 72.2. The maximum atomic E-state index is 13.5. The van der Waals surface area contributed by atoms with Crippen molar-refractivity contribution in [1.29, 1.82) is 0 Å². The topological polar surface area (TPSA) is 213 Å². The van der Waals surface area contributed by atoms with E-state index in [0.29, 0.717) is 52.4 Å². The number of azo groups is 2. The smallest absolute Gasteiger partial charge is 0.340 e. The molecule has 2 N–H and O–H groups in total. The first kappa shape index (κ1) is 107. The van der Waals surface area contributed by atoms with E-state index in [-0.39, 0.29) is 34.7 Å². The number of Topliss-reactive ketones (excluding diaryl/α,β-unsaturated/α-hetero) is 2. The molecule has 0 heterocycles. The van der Waals surface area contributed by atoms with Crippen LogP contribution in [0.1, 0.15) is 474 Å². The number of carbonyl (C=O) groups excluding carboxylic acids is 6.